The molecule has 0 saturated carbocycles. The van der Waals surface area contributed by atoms with Gasteiger partial charge >= 0.3 is 5.69 Å². The number of aromatic amines is 1. The highest BCUT2D eigenvalue weighted by Gasteiger charge is 2.26. The zero-order valence-corrected chi connectivity index (χ0v) is 22.7. The minimum absolute atomic E-state index is 0.0382. The topological polar surface area (TPSA) is 118 Å². The first-order chi connectivity index (χ1) is 18.7. The fraction of sp³-hybridized carbons (Fsp3) is 0.393. The highest BCUT2D eigenvalue weighted by molar-refractivity contribution is 5.74. The van der Waals surface area contributed by atoms with Crippen LogP contribution in [0, 0.1) is 13.8 Å². The van der Waals surface area contributed by atoms with Crippen molar-refractivity contribution in [2.75, 3.05) is 49.7 Å². The van der Waals surface area contributed by atoms with Crippen molar-refractivity contribution in [3.63, 3.8) is 0 Å². The number of rotatable bonds is 8. The third kappa shape index (κ3) is 5.35. The van der Waals surface area contributed by atoms with Gasteiger partial charge in [0.1, 0.15) is 24.2 Å². The lowest BCUT2D eigenvalue weighted by Gasteiger charge is -2.37. The Morgan fingerprint density at radius 2 is 1.64 bits per heavy atom. The van der Waals surface area contributed by atoms with Crippen LogP contribution in [0.5, 0.6) is 11.5 Å². The minimum atomic E-state index is -0.917. The number of ether oxygens (including phenoxy) is 2. The summed E-state index contributed by atoms with van der Waals surface area (Å²) in [7, 11) is 3.22. The molecule has 1 atom stereocenters. The van der Waals surface area contributed by atoms with Crippen LogP contribution < -0.4 is 30.5 Å². The van der Waals surface area contributed by atoms with E-state index in [1.165, 1.54) is 4.57 Å². The number of H-pyrrole nitrogens is 1. The lowest BCUT2D eigenvalue weighted by molar-refractivity contribution is 0.0936. The second-order valence-electron chi connectivity index (χ2n) is 9.90. The molecule has 2 aromatic heterocycles. The molecule has 4 aromatic rings. The molecule has 0 amide bonds. The van der Waals surface area contributed by atoms with Crippen LogP contribution in [0.2, 0.25) is 0 Å². The summed E-state index contributed by atoms with van der Waals surface area (Å²) in [5.41, 5.74) is 2.81. The van der Waals surface area contributed by atoms with E-state index in [1.54, 1.807) is 18.7 Å². The van der Waals surface area contributed by atoms with E-state index in [1.807, 2.05) is 56.3 Å². The van der Waals surface area contributed by atoms with Crippen molar-refractivity contribution in [3.8, 4) is 11.5 Å². The number of anilines is 2. The summed E-state index contributed by atoms with van der Waals surface area (Å²) in [6.45, 7) is 6.93. The summed E-state index contributed by atoms with van der Waals surface area (Å²) >= 11 is 0. The molecule has 0 bridgehead atoms. The van der Waals surface area contributed by atoms with Gasteiger partial charge in [0.05, 0.1) is 13.7 Å². The molecule has 0 unspecified atom stereocenters. The van der Waals surface area contributed by atoms with Gasteiger partial charge in [-0.3, -0.25) is 14.3 Å². The lowest BCUT2D eigenvalue weighted by atomic mass is 10.1. The summed E-state index contributed by atoms with van der Waals surface area (Å²) in [6.07, 6.45) is -0.917. The van der Waals surface area contributed by atoms with E-state index in [4.69, 9.17) is 14.5 Å². The second kappa shape index (κ2) is 10.9. The fourth-order valence-corrected chi connectivity index (χ4v) is 4.85. The molecule has 2 aromatic carbocycles. The molecule has 206 valence electrons. The molecule has 11 heteroatoms. The average molecular weight is 535 g/mol. The van der Waals surface area contributed by atoms with Gasteiger partial charge in [0, 0.05) is 38.9 Å². The van der Waals surface area contributed by atoms with Crippen molar-refractivity contribution in [1.29, 1.82) is 0 Å². The maximum atomic E-state index is 12.9. The van der Waals surface area contributed by atoms with E-state index in [2.05, 4.69) is 14.8 Å². The van der Waals surface area contributed by atoms with Gasteiger partial charge in [-0.15, -0.1) is 0 Å². The third-order valence-electron chi connectivity index (χ3n) is 7.30. The first kappa shape index (κ1) is 26.4. The average Bonchev–Trinajstić information content (AvgIpc) is 3.32. The van der Waals surface area contributed by atoms with Crippen molar-refractivity contribution in [1.82, 2.24) is 19.1 Å². The summed E-state index contributed by atoms with van der Waals surface area (Å²) in [5.74, 6) is 2.01. The highest BCUT2D eigenvalue weighted by atomic mass is 16.5. The number of piperazine rings is 1. The minimum Gasteiger partial charge on any atom is -0.497 e. The molecule has 5 rings (SSSR count). The number of methoxy groups -OCH3 is 1. The fourth-order valence-electron chi connectivity index (χ4n) is 4.85. The van der Waals surface area contributed by atoms with Gasteiger partial charge in [-0.2, -0.15) is 4.98 Å². The molecular formula is C28H34N6O5. The Bertz CT molecular complexity index is 1580. The van der Waals surface area contributed by atoms with E-state index >= 15 is 0 Å². The molecule has 1 aliphatic rings. The number of benzene rings is 2. The largest absolute Gasteiger partial charge is 0.497 e. The van der Waals surface area contributed by atoms with Crippen LogP contribution in [0.1, 0.15) is 11.1 Å². The molecule has 0 spiro atoms. The Morgan fingerprint density at radius 1 is 0.974 bits per heavy atom. The Balaban J connectivity index is 1.39. The van der Waals surface area contributed by atoms with E-state index < -0.39 is 17.4 Å². The zero-order chi connectivity index (χ0) is 27.7. The smallest absolute Gasteiger partial charge is 0.329 e. The molecule has 39 heavy (non-hydrogen) atoms. The molecule has 11 nitrogen and oxygen atoms in total. The molecule has 1 fully saturated rings. The number of aliphatic hydroxyl groups is 1. The SMILES string of the molecule is COc1ccc(N2CCN(c3nc4c(c(=O)[nH]c(=O)n4C)n3C[C@@H](O)COc3ccc(C)c(C)c3)CC2)cc1. The van der Waals surface area contributed by atoms with Gasteiger partial charge in [0.2, 0.25) is 5.95 Å². The van der Waals surface area contributed by atoms with Crippen molar-refractivity contribution in [2.45, 2.75) is 26.5 Å². The maximum absolute atomic E-state index is 12.9. The van der Waals surface area contributed by atoms with Crippen LogP contribution in [0.15, 0.2) is 52.1 Å². The van der Waals surface area contributed by atoms with Crippen molar-refractivity contribution >= 4 is 22.8 Å². The quantitative estimate of drug-likeness (QED) is 0.352. The summed E-state index contributed by atoms with van der Waals surface area (Å²) < 4.78 is 14.1. The van der Waals surface area contributed by atoms with Crippen molar-refractivity contribution in [3.05, 3.63) is 74.4 Å². The van der Waals surface area contributed by atoms with Gasteiger partial charge in [-0.1, -0.05) is 6.07 Å². The summed E-state index contributed by atoms with van der Waals surface area (Å²) in [6, 6.07) is 13.7. The van der Waals surface area contributed by atoms with Gasteiger partial charge < -0.3 is 28.9 Å². The maximum Gasteiger partial charge on any atom is 0.329 e. The zero-order valence-electron chi connectivity index (χ0n) is 22.7. The number of imidazole rings is 1. The van der Waals surface area contributed by atoms with Gasteiger partial charge in [0.15, 0.2) is 11.2 Å². The number of aliphatic hydroxyl groups excluding tert-OH is 1. The summed E-state index contributed by atoms with van der Waals surface area (Å²) in [4.78, 5) is 36.6. The van der Waals surface area contributed by atoms with Crippen molar-refractivity contribution in [2.24, 2.45) is 7.05 Å². The molecule has 3 heterocycles. The molecule has 1 aliphatic heterocycles. The van der Waals surface area contributed by atoms with E-state index in [0.717, 1.165) is 35.7 Å². The second-order valence-corrected chi connectivity index (χ2v) is 9.90. The Morgan fingerprint density at radius 3 is 2.31 bits per heavy atom. The molecule has 1 saturated heterocycles. The molecular weight excluding hydrogens is 500 g/mol. The first-order valence-corrected chi connectivity index (χ1v) is 13.0. The predicted octanol–water partition coefficient (Wildman–Crippen LogP) is 1.82. The van der Waals surface area contributed by atoms with Gasteiger partial charge in [-0.05, 0) is 61.4 Å². The number of fused-ring (bicyclic) bond motifs is 1. The molecule has 2 N–H and O–H groups in total. The van der Waals surface area contributed by atoms with Gasteiger partial charge in [0.25, 0.3) is 5.56 Å². The van der Waals surface area contributed by atoms with Crippen molar-refractivity contribution < 1.29 is 14.6 Å². The van der Waals surface area contributed by atoms with E-state index in [0.29, 0.717) is 24.8 Å². The van der Waals surface area contributed by atoms with Gasteiger partial charge in [-0.25, -0.2) is 4.79 Å². The van der Waals surface area contributed by atoms with Crippen LogP contribution in [0.4, 0.5) is 11.6 Å². The number of aryl methyl sites for hydroxylation is 3. The lowest BCUT2D eigenvalue weighted by Crippen LogP contribution is -2.47. The number of nitrogens with one attached hydrogen (secondary N) is 1. The van der Waals surface area contributed by atoms with E-state index in [9.17, 15) is 14.7 Å². The number of nitrogens with zero attached hydrogens (tertiary/aromatic N) is 5. The molecule has 0 aliphatic carbocycles. The standard InChI is InChI=1S/C28H34N6O5/c1-18-5-8-23(15-19(18)2)39-17-21(35)16-34-24-25(31(3)28(37)30-26(24)36)29-27(34)33-13-11-32(12-14-33)20-6-9-22(38-4)10-7-20/h5-10,15,21,35H,11-14,16-17H2,1-4H3,(H,30,36,37)/t21-/m1/s1. The van der Waals surface area contributed by atoms with Crippen LogP contribution >= 0.6 is 0 Å². The monoisotopic (exact) mass is 534 g/mol. The Hall–Kier alpha value is -4.25. The van der Waals surface area contributed by atoms with Crippen LogP contribution in [0.3, 0.4) is 0 Å². The predicted molar refractivity (Wildman–Crippen MR) is 150 cm³/mol. The number of hydrogen-bond donors (Lipinski definition) is 2. The van der Waals surface area contributed by atoms with Crippen LogP contribution in [-0.2, 0) is 13.6 Å². The first-order valence-electron chi connectivity index (χ1n) is 13.0. The normalized spacial score (nSPS) is 14.6. The van der Waals surface area contributed by atoms with Crippen LogP contribution in [-0.4, -0.2) is 70.2 Å². The molecule has 0 radical (unpaired) electrons. The van der Waals surface area contributed by atoms with E-state index in [-0.39, 0.29) is 24.3 Å². The Kier molecular flexibility index (Phi) is 7.34. The summed E-state index contributed by atoms with van der Waals surface area (Å²) in [5, 5.41) is 10.9. The Labute approximate surface area is 225 Å². The highest BCUT2D eigenvalue weighted by Crippen LogP contribution is 2.25. The third-order valence-corrected chi connectivity index (χ3v) is 7.30. The van der Waals surface area contributed by atoms with Crippen LogP contribution in [0.25, 0.3) is 11.2 Å². The number of aromatic nitrogens is 4. The number of hydrogen-bond acceptors (Lipinski definition) is 8.